The average Bonchev–Trinajstić information content (AvgIpc) is 2.70. The molecular weight excluding hydrogens is 387 g/mol. The number of carbonyl (C=O) groups is 3. The lowest BCUT2D eigenvalue weighted by molar-refractivity contribution is -0.385. The Morgan fingerprint density at radius 2 is 1.86 bits per heavy atom. The lowest BCUT2D eigenvalue weighted by Crippen LogP contribution is -2.47. The molecule has 1 aromatic carbocycles. The molecule has 0 radical (unpaired) electrons. The largest absolute Gasteiger partial charge is 0.478 e. The topological polar surface area (TPSA) is 138 Å². The summed E-state index contributed by atoms with van der Waals surface area (Å²) in [5, 5.41) is 31.1. The monoisotopic (exact) mass is 406 g/mol. The molecule has 1 heterocycles. The number of allylic oxidation sites excluding steroid dienone is 2. The van der Waals surface area contributed by atoms with E-state index in [4.69, 9.17) is 0 Å². The van der Waals surface area contributed by atoms with Gasteiger partial charge in [0, 0.05) is 18.7 Å². The van der Waals surface area contributed by atoms with Crippen LogP contribution in [0.2, 0.25) is 0 Å². The third-order valence-electron chi connectivity index (χ3n) is 5.08. The molecule has 0 aromatic heterocycles. The van der Waals surface area contributed by atoms with Crippen molar-refractivity contribution in [1.29, 1.82) is 0 Å². The predicted octanol–water partition coefficient (Wildman–Crippen LogP) is 2.42. The van der Waals surface area contributed by atoms with E-state index < -0.39 is 45.8 Å². The van der Waals surface area contributed by atoms with Gasteiger partial charge in [-0.1, -0.05) is 19.1 Å². The molecule has 1 aliphatic heterocycles. The summed E-state index contributed by atoms with van der Waals surface area (Å²) in [6.07, 6.45) is 0.0544. The highest BCUT2D eigenvalue weighted by molar-refractivity contribution is 6.04. The maximum absolute atomic E-state index is 14.0. The molecule has 0 saturated heterocycles. The highest BCUT2D eigenvalue weighted by Gasteiger charge is 2.52. The van der Waals surface area contributed by atoms with Crippen LogP contribution < -0.4 is 0 Å². The van der Waals surface area contributed by atoms with Crippen molar-refractivity contribution >= 4 is 23.9 Å². The highest BCUT2D eigenvalue weighted by atomic mass is 19.1. The second-order valence-corrected chi connectivity index (χ2v) is 6.25. The molecule has 0 bridgehead atoms. The molecule has 154 valence electrons. The smallest absolute Gasteiger partial charge is 0.335 e. The van der Waals surface area contributed by atoms with Gasteiger partial charge >= 0.3 is 11.9 Å². The van der Waals surface area contributed by atoms with Gasteiger partial charge in [0.2, 0.25) is 0 Å². The first-order chi connectivity index (χ1) is 13.7. The number of hydrogen-bond donors (Lipinski definition) is 2. The number of nitro benzene ring substituents is 1. The van der Waals surface area contributed by atoms with Crippen LogP contribution in [0.25, 0.3) is 0 Å². The lowest BCUT2D eigenvalue weighted by atomic mass is 9.63. The van der Waals surface area contributed by atoms with E-state index in [1.165, 1.54) is 32.0 Å². The molecule has 1 unspecified atom stereocenters. The van der Waals surface area contributed by atoms with E-state index in [-0.39, 0.29) is 36.2 Å². The van der Waals surface area contributed by atoms with Gasteiger partial charge in [-0.3, -0.25) is 14.9 Å². The first-order valence-corrected chi connectivity index (χ1v) is 8.69. The fraction of sp³-hybridized carbons (Fsp3) is 0.316. The Bertz CT molecular complexity index is 954. The Balaban J connectivity index is 3.11. The third kappa shape index (κ3) is 3.26. The quantitative estimate of drug-likeness (QED) is 0.381. The number of halogens is 1. The molecule has 0 spiro atoms. The van der Waals surface area contributed by atoms with Crippen molar-refractivity contribution < 1.29 is 33.9 Å². The second-order valence-electron chi connectivity index (χ2n) is 6.25. The highest BCUT2D eigenvalue weighted by Crippen LogP contribution is 2.49. The maximum Gasteiger partial charge on any atom is 0.335 e. The van der Waals surface area contributed by atoms with Crippen LogP contribution in [0, 0.1) is 10.1 Å². The number of hydrogen-bond acceptors (Lipinski definition) is 6. The number of rotatable bonds is 8. The number of benzene rings is 1. The standard InChI is InChI=1S/C19H19FN2O7/c1-3-19(11-6-5-7-12(8-11)22(28)29)15(17(24)25)13(9-20)21(4-2)14(10-23)16(19)18(26)27/h5-8,10H,3-4,9H2,1-2H3,(H,24,25)(H,26,27). The number of carbonyl (C=O) groups excluding carboxylic acids is 1. The minimum Gasteiger partial charge on any atom is -0.478 e. The molecule has 1 aromatic rings. The van der Waals surface area contributed by atoms with Crippen molar-refractivity contribution in [2.45, 2.75) is 25.7 Å². The number of aldehydes is 1. The van der Waals surface area contributed by atoms with Crippen molar-refractivity contribution in [3.8, 4) is 0 Å². The molecule has 9 nitrogen and oxygen atoms in total. The normalized spacial score (nSPS) is 19.3. The molecule has 1 atom stereocenters. The second kappa shape index (κ2) is 8.21. The van der Waals surface area contributed by atoms with Crippen molar-refractivity contribution in [3.63, 3.8) is 0 Å². The first kappa shape index (κ1) is 21.7. The molecule has 2 N–H and O–H groups in total. The Morgan fingerprint density at radius 1 is 1.24 bits per heavy atom. The molecule has 0 amide bonds. The number of alkyl halides is 1. The number of likely N-dealkylation sites (N-methyl/N-ethyl adjacent to an activating group) is 1. The van der Waals surface area contributed by atoms with E-state index in [0.717, 1.165) is 11.0 Å². The zero-order valence-electron chi connectivity index (χ0n) is 15.7. The lowest BCUT2D eigenvalue weighted by Gasteiger charge is -2.43. The van der Waals surface area contributed by atoms with E-state index in [1.807, 2.05) is 0 Å². The minimum absolute atomic E-state index is 0.0231. The summed E-state index contributed by atoms with van der Waals surface area (Å²) in [7, 11) is 0. The van der Waals surface area contributed by atoms with E-state index in [2.05, 4.69) is 0 Å². The number of carboxylic acids is 2. The van der Waals surface area contributed by atoms with Crippen LogP contribution in [-0.4, -0.2) is 51.5 Å². The molecular formula is C19H19FN2O7. The summed E-state index contributed by atoms with van der Waals surface area (Å²) in [6, 6.07) is 4.84. The van der Waals surface area contributed by atoms with E-state index in [9.17, 15) is 39.1 Å². The van der Waals surface area contributed by atoms with Gasteiger partial charge in [0.15, 0.2) is 6.29 Å². The predicted molar refractivity (Wildman–Crippen MR) is 98.8 cm³/mol. The number of carboxylic acid groups (broad SMARTS) is 2. The van der Waals surface area contributed by atoms with Gasteiger partial charge in [-0.25, -0.2) is 14.0 Å². The van der Waals surface area contributed by atoms with E-state index >= 15 is 0 Å². The number of aliphatic carboxylic acids is 2. The summed E-state index contributed by atoms with van der Waals surface area (Å²) in [5.74, 6) is -3.15. The van der Waals surface area contributed by atoms with Crippen LogP contribution in [0.5, 0.6) is 0 Å². The number of non-ortho nitro benzene ring substituents is 1. The maximum atomic E-state index is 14.0. The van der Waals surface area contributed by atoms with Gasteiger partial charge in [-0.05, 0) is 18.9 Å². The van der Waals surface area contributed by atoms with Gasteiger partial charge in [0.1, 0.15) is 6.67 Å². The summed E-state index contributed by atoms with van der Waals surface area (Å²) in [4.78, 5) is 47.8. The number of nitro groups is 1. The van der Waals surface area contributed by atoms with Crippen molar-refractivity contribution in [2.24, 2.45) is 0 Å². The van der Waals surface area contributed by atoms with E-state index in [0.29, 0.717) is 0 Å². The molecule has 2 rings (SSSR count). The van der Waals surface area contributed by atoms with Crippen LogP contribution in [0.1, 0.15) is 25.8 Å². The fourth-order valence-electron chi connectivity index (χ4n) is 3.96. The van der Waals surface area contributed by atoms with Crippen LogP contribution >= 0.6 is 0 Å². The van der Waals surface area contributed by atoms with Gasteiger partial charge in [-0.15, -0.1) is 0 Å². The Hall–Kier alpha value is -3.56. The Labute approximate surface area is 164 Å². The van der Waals surface area contributed by atoms with Gasteiger partial charge in [0.05, 0.1) is 32.9 Å². The minimum atomic E-state index is -1.97. The molecule has 0 aliphatic carbocycles. The van der Waals surface area contributed by atoms with Crippen LogP contribution in [0.3, 0.4) is 0 Å². The molecule has 0 fully saturated rings. The fourth-order valence-corrected chi connectivity index (χ4v) is 3.96. The summed E-state index contributed by atoms with van der Waals surface area (Å²) < 4.78 is 14.0. The van der Waals surface area contributed by atoms with Gasteiger partial charge in [0.25, 0.3) is 5.69 Å². The molecule has 0 saturated carbocycles. The van der Waals surface area contributed by atoms with Crippen molar-refractivity contribution in [1.82, 2.24) is 4.90 Å². The zero-order chi connectivity index (χ0) is 21.9. The molecule has 1 aliphatic rings. The van der Waals surface area contributed by atoms with E-state index in [1.54, 1.807) is 0 Å². The van der Waals surface area contributed by atoms with Crippen molar-refractivity contribution in [2.75, 3.05) is 13.2 Å². The summed E-state index contributed by atoms with van der Waals surface area (Å²) in [5.41, 5.74) is -4.25. The van der Waals surface area contributed by atoms with Crippen LogP contribution in [-0.2, 0) is 19.8 Å². The van der Waals surface area contributed by atoms with Crippen molar-refractivity contribution in [3.05, 3.63) is 62.5 Å². The van der Waals surface area contributed by atoms with Gasteiger partial charge < -0.3 is 15.1 Å². The first-order valence-electron chi connectivity index (χ1n) is 8.69. The Kier molecular flexibility index (Phi) is 6.15. The Morgan fingerprint density at radius 3 is 2.28 bits per heavy atom. The molecule has 10 heteroatoms. The SMILES string of the molecule is CCN1C(C=O)=C(C(=O)O)C(CC)(c2cccc([N+](=O)[O-])c2)C(C(=O)O)=C1CF. The third-order valence-corrected chi connectivity index (χ3v) is 5.08. The molecule has 29 heavy (non-hydrogen) atoms. The zero-order valence-corrected chi connectivity index (χ0v) is 15.7. The summed E-state index contributed by atoms with van der Waals surface area (Å²) >= 11 is 0. The van der Waals surface area contributed by atoms with Crippen LogP contribution in [0.4, 0.5) is 10.1 Å². The van der Waals surface area contributed by atoms with Crippen LogP contribution in [0.15, 0.2) is 46.8 Å². The number of nitrogens with zero attached hydrogens (tertiary/aromatic N) is 2. The van der Waals surface area contributed by atoms with Gasteiger partial charge in [-0.2, -0.15) is 0 Å². The summed E-state index contributed by atoms with van der Waals surface area (Å²) in [6.45, 7) is 1.68. The average molecular weight is 406 g/mol.